The quantitative estimate of drug-likeness (QED) is 0.595. The molecule has 2 saturated heterocycles. The first kappa shape index (κ1) is 13.9. The summed E-state index contributed by atoms with van der Waals surface area (Å²) in [5, 5.41) is 0. The fourth-order valence-electron chi connectivity index (χ4n) is 1.30. The molecule has 0 saturated carbocycles. The van der Waals surface area contributed by atoms with Crippen LogP contribution in [0, 0.1) is 5.41 Å². The lowest BCUT2D eigenvalue weighted by molar-refractivity contribution is -0.0101. The van der Waals surface area contributed by atoms with Crippen LogP contribution in [-0.2, 0) is 18.9 Å². The van der Waals surface area contributed by atoms with E-state index < -0.39 is 0 Å². The third-order valence-electron chi connectivity index (χ3n) is 2.40. The molecule has 2 heterocycles. The summed E-state index contributed by atoms with van der Waals surface area (Å²) < 4.78 is 21.3. The van der Waals surface area contributed by atoms with Crippen molar-refractivity contribution in [1.29, 1.82) is 0 Å². The molecular formula is C12H24O4. The molecule has 0 radical (unpaired) electrons. The van der Waals surface area contributed by atoms with Gasteiger partial charge < -0.3 is 18.9 Å². The highest BCUT2D eigenvalue weighted by molar-refractivity contribution is 4.72. The van der Waals surface area contributed by atoms with Crippen molar-refractivity contribution in [1.82, 2.24) is 0 Å². The first-order chi connectivity index (χ1) is 7.16. The average molecular weight is 232 g/mol. The molecule has 96 valence electrons. The Morgan fingerprint density at radius 3 is 1.69 bits per heavy atom. The number of epoxide rings is 2. The van der Waals surface area contributed by atoms with E-state index in [1.165, 1.54) is 0 Å². The summed E-state index contributed by atoms with van der Waals surface area (Å²) in [5.41, 5.74) is 0.0732. The van der Waals surface area contributed by atoms with Crippen molar-refractivity contribution in [3.05, 3.63) is 0 Å². The highest BCUT2D eigenvalue weighted by atomic mass is 16.6. The second-order valence-electron chi connectivity index (χ2n) is 5.11. The second kappa shape index (κ2) is 5.96. The Balaban J connectivity index is 0.00000128. The molecule has 0 bridgehead atoms. The van der Waals surface area contributed by atoms with Crippen molar-refractivity contribution in [2.24, 2.45) is 5.41 Å². The molecule has 0 aliphatic carbocycles. The minimum absolute atomic E-state index is 0. The monoisotopic (exact) mass is 232 g/mol. The fourth-order valence-corrected chi connectivity index (χ4v) is 1.30. The smallest absolute Gasteiger partial charge is 0.104 e. The summed E-state index contributed by atoms with van der Waals surface area (Å²) in [6.07, 6.45) is 0.697. The first-order valence-electron chi connectivity index (χ1n) is 5.54. The van der Waals surface area contributed by atoms with Crippen LogP contribution in [0.2, 0.25) is 0 Å². The van der Waals surface area contributed by atoms with Gasteiger partial charge in [0.1, 0.15) is 12.2 Å². The Labute approximate surface area is 98.2 Å². The SMILES string of the molecule is C.CC(C)(COCC1CO1)COCC1CO1. The van der Waals surface area contributed by atoms with Gasteiger partial charge in [0.25, 0.3) is 0 Å². The van der Waals surface area contributed by atoms with Gasteiger partial charge in [-0.3, -0.25) is 0 Å². The number of rotatable bonds is 8. The van der Waals surface area contributed by atoms with E-state index in [4.69, 9.17) is 18.9 Å². The van der Waals surface area contributed by atoms with Gasteiger partial charge >= 0.3 is 0 Å². The lowest BCUT2D eigenvalue weighted by Gasteiger charge is -2.23. The zero-order chi connectivity index (χ0) is 10.7. The molecule has 2 atom stereocenters. The average Bonchev–Trinajstić information content (AvgIpc) is 2.97. The first-order valence-corrected chi connectivity index (χ1v) is 5.54. The minimum atomic E-state index is 0. The van der Waals surface area contributed by atoms with E-state index in [0.717, 1.165) is 39.6 Å². The minimum Gasteiger partial charge on any atom is -0.378 e. The van der Waals surface area contributed by atoms with Gasteiger partial charge in [-0.05, 0) is 0 Å². The van der Waals surface area contributed by atoms with Crippen LogP contribution in [-0.4, -0.2) is 51.8 Å². The van der Waals surface area contributed by atoms with E-state index in [-0.39, 0.29) is 12.8 Å². The van der Waals surface area contributed by atoms with Gasteiger partial charge in [0.2, 0.25) is 0 Å². The maximum Gasteiger partial charge on any atom is 0.104 e. The summed E-state index contributed by atoms with van der Waals surface area (Å²) in [6, 6.07) is 0. The van der Waals surface area contributed by atoms with Crippen molar-refractivity contribution in [3.8, 4) is 0 Å². The number of ether oxygens (including phenoxy) is 4. The lowest BCUT2D eigenvalue weighted by atomic mass is 9.96. The predicted octanol–water partition coefficient (Wildman–Crippen LogP) is 1.48. The molecule has 0 amide bonds. The van der Waals surface area contributed by atoms with Crippen molar-refractivity contribution in [2.45, 2.75) is 33.5 Å². The van der Waals surface area contributed by atoms with E-state index >= 15 is 0 Å². The molecule has 0 aromatic heterocycles. The van der Waals surface area contributed by atoms with Crippen LogP contribution >= 0.6 is 0 Å². The molecule has 2 fully saturated rings. The van der Waals surface area contributed by atoms with E-state index in [1.807, 2.05) is 0 Å². The molecule has 2 aliphatic heterocycles. The second-order valence-corrected chi connectivity index (χ2v) is 5.11. The summed E-state index contributed by atoms with van der Waals surface area (Å²) in [7, 11) is 0. The third-order valence-corrected chi connectivity index (χ3v) is 2.40. The topological polar surface area (TPSA) is 43.5 Å². The molecule has 16 heavy (non-hydrogen) atoms. The predicted molar refractivity (Wildman–Crippen MR) is 61.6 cm³/mol. The number of hydrogen-bond acceptors (Lipinski definition) is 4. The Morgan fingerprint density at radius 1 is 1.00 bits per heavy atom. The molecule has 0 aromatic rings. The van der Waals surface area contributed by atoms with Crippen molar-refractivity contribution in [2.75, 3.05) is 39.6 Å². The zero-order valence-corrected chi connectivity index (χ0v) is 9.53. The van der Waals surface area contributed by atoms with Crippen LogP contribution in [0.1, 0.15) is 21.3 Å². The summed E-state index contributed by atoms with van der Waals surface area (Å²) >= 11 is 0. The zero-order valence-electron chi connectivity index (χ0n) is 9.53. The van der Waals surface area contributed by atoms with Crippen LogP contribution in [0.3, 0.4) is 0 Å². The van der Waals surface area contributed by atoms with Crippen LogP contribution in [0.25, 0.3) is 0 Å². The highest BCUT2D eigenvalue weighted by Gasteiger charge is 2.27. The summed E-state index contributed by atoms with van der Waals surface area (Å²) in [4.78, 5) is 0. The van der Waals surface area contributed by atoms with Gasteiger partial charge in [-0.25, -0.2) is 0 Å². The Kier molecular flexibility index (Phi) is 5.18. The van der Waals surface area contributed by atoms with Gasteiger partial charge in [-0.1, -0.05) is 21.3 Å². The van der Waals surface area contributed by atoms with Crippen molar-refractivity contribution < 1.29 is 18.9 Å². The molecule has 2 unspecified atom stereocenters. The maximum atomic E-state index is 5.56. The Morgan fingerprint density at radius 2 is 1.38 bits per heavy atom. The van der Waals surface area contributed by atoms with Gasteiger partial charge in [0.15, 0.2) is 0 Å². The normalized spacial score (nSPS) is 27.4. The third kappa shape index (κ3) is 5.80. The van der Waals surface area contributed by atoms with E-state index in [1.54, 1.807) is 0 Å². The molecule has 2 rings (SSSR count). The van der Waals surface area contributed by atoms with Crippen LogP contribution in [0.5, 0.6) is 0 Å². The van der Waals surface area contributed by atoms with Gasteiger partial charge in [-0.2, -0.15) is 0 Å². The molecule has 4 nitrogen and oxygen atoms in total. The molecule has 2 aliphatic rings. The van der Waals surface area contributed by atoms with Crippen molar-refractivity contribution in [3.63, 3.8) is 0 Å². The molecule has 0 aromatic carbocycles. The van der Waals surface area contributed by atoms with Crippen LogP contribution in [0.4, 0.5) is 0 Å². The van der Waals surface area contributed by atoms with E-state index in [0.29, 0.717) is 12.2 Å². The maximum absolute atomic E-state index is 5.56. The fraction of sp³-hybridized carbons (Fsp3) is 1.00. The Bertz CT molecular complexity index is 177. The van der Waals surface area contributed by atoms with Gasteiger partial charge in [0, 0.05) is 5.41 Å². The van der Waals surface area contributed by atoms with Gasteiger partial charge in [0.05, 0.1) is 39.6 Å². The van der Waals surface area contributed by atoms with Gasteiger partial charge in [-0.15, -0.1) is 0 Å². The van der Waals surface area contributed by atoms with Crippen molar-refractivity contribution >= 4 is 0 Å². The molecule has 0 N–H and O–H groups in total. The summed E-state index contributed by atoms with van der Waals surface area (Å²) in [6.45, 7) is 8.88. The summed E-state index contributed by atoms with van der Waals surface area (Å²) in [5.74, 6) is 0. The van der Waals surface area contributed by atoms with Crippen LogP contribution in [0.15, 0.2) is 0 Å². The number of hydrogen-bond donors (Lipinski definition) is 0. The largest absolute Gasteiger partial charge is 0.378 e. The van der Waals surface area contributed by atoms with Crippen LogP contribution < -0.4 is 0 Å². The standard InChI is InChI=1S/C11H20O4.CH4/c1-11(2,7-12-3-9-5-14-9)8-13-4-10-6-15-10;/h9-10H,3-8H2,1-2H3;1H4. The highest BCUT2D eigenvalue weighted by Crippen LogP contribution is 2.19. The molecule has 0 spiro atoms. The van der Waals surface area contributed by atoms with E-state index in [2.05, 4.69) is 13.8 Å². The molecule has 4 heteroatoms. The molecular weight excluding hydrogens is 208 g/mol. The lowest BCUT2D eigenvalue weighted by Crippen LogP contribution is -2.27. The van der Waals surface area contributed by atoms with E-state index in [9.17, 15) is 0 Å². The Hall–Kier alpha value is -0.160.